The molecule has 0 bridgehead atoms. The molecule has 0 aliphatic heterocycles. The van der Waals surface area contributed by atoms with Gasteiger partial charge in [-0.1, -0.05) is 47.5 Å². The number of carbonyl (C=O) groups is 2. The Balaban J connectivity index is 2.05. The molecule has 2 rings (SSSR count). The smallest absolute Gasteiger partial charge is 0.251 e. The molecule has 4 nitrogen and oxygen atoms in total. The molecular weight excluding hydrogens is 347 g/mol. The summed E-state index contributed by atoms with van der Waals surface area (Å²) in [6.45, 7) is 3.92. The van der Waals surface area contributed by atoms with Crippen LogP contribution in [0.5, 0.6) is 0 Å². The molecule has 0 radical (unpaired) electrons. The van der Waals surface area contributed by atoms with E-state index in [1.807, 2.05) is 25.1 Å². The molecule has 1 N–H and O–H groups in total. The summed E-state index contributed by atoms with van der Waals surface area (Å²) in [4.78, 5) is 25.6. The van der Waals surface area contributed by atoms with Gasteiger partial charge in [0.05, 0.1) is 15.7 Å². The van der Waals surface area contributed by atoms with Gasteiger partial charge in [0, 0.05) is 25.6 Å². The molecule has 0 saturated carbocycles. The minimum atomic E-state index is -0.177. The van der Waals surface area contributed by atoms with Gasteiger partial charge in [-0.3, -0.25) is 9.59 Å². The Morgan fingerprint density at radius 1 is 1.08 bits per heavy atom. The van der Waals surface area contributed by atoms with E-state index in [1.54, 1.807) is 24.3 Å². The molecular formula is C18H18Cl2N2O2. The van der Waals surface area contributed by atoms with Crippen LogP contribution in [0.1, 0.15) is 22.8 Å². The van der Waals surface area contributed by atoms with E-state index in [0.29, 0.717) is 34.4 Å². The van der Waals surface area contributed by atoms with Crippen molar-refractivity contribution in [2.75, 3.05) is 18.0 Å². The fourth-order valence-corrected chi connectivity index (χ4v) is 2.75. The molecule has 0 atom stereocenters. The molecule has 126 valence electrons. The normalized spacial score (nSPS) is 10.3. The van der Waals surface area contributed by atoms with E-state index in [2.05, 4.69) is 5.32 Å². The van der Waals surface area contributed by atoms with Gasteiger partial charge >= 0.3 is 0 Å². The van der Waals surface area contributed by atoms with Gasteiger partial charge in [0.15, 0.2) is 0 Å². The standard InChI is InChI=1S/C18H18Cl2N2O2/c1-12-6-3-4-7-14(12)18(24)21-10-11-22(13(2)23)16-9-5-8-15(19)17(16)20/h3-9H,10-11H2,1-2H3,(H,21,24). The van der Waals surface area contributed by atoms with Crippen LogP contribution in [0, 0.1) is 6.92 Å². The summed E-state index contributed by atoms with van der Waals surface area (Å²) in [6, 6.07) is 12.4. The molecule has 0 spiro atoms. The van der Waals surface area contributed by atoms with Gasteiger partial charge in [0.25, 0.3) is 5.91 Å². The molecule has 0 aliphatic rings. The third kappa shape index (κ3) is 4.28. The van der Waals surface area contributed by atoms with Crippen LogP contribution in [0.15, 0.2) is 42.5 Å². The lowest BCUT2D eigenvalue weighted by molar-refractivity contribution is -0.116. The van der Waals surface area contributed by atoms with Crippen LogP contribution in [0.4, 0.5) is 5.69 Å². The number of hydrogen-bond acceptors (Lipinski definition) is 2. The molecule has 0 heterocycles. The molecule has 0 saturated heterocycles. The SMILES string of the molecule is CC(=O)N(CCNC(=O)c1ccccc1C)c1cccc(Cl)c1Cl. The first kappa shape index (κ1) is 18.3. The van der Waals surface area contributed by atoms with Crippen molar-refractivity contribution in [3.8, 4) is 0 Å². The van der Waals surface area contributed by atoms with Gasteiger partial charge in [0.1, 0.15) is 0 Å². The lowest BCUT2D eigenvalue weighted by atomic mass is 10.1. The Morgan fingerprint density at radius 2 is 1.79 bits per heavy atom. The topological polar surface area (TPSA) is 49.4 Å². The fraction of sp³-hybridized carbons (Fsp3) is 0.222. The Kier molecular flexibility index (Phi) is 6.23. The summed E-state index contributed by atoms with van der Waals surface area (Å²) < 4.78 is 0. The summed E-state index contributed by atoms with van der Waals surface area (Å²) >= 11 is 12.2. The van der Waals surface area contributed by atoms with E-state index in [-0.39, 0.29) is 11.8 Å². The summed E-state index contributed by atoms with van der Waals surface area (Å²) in [7, 11) is 0. The summed E-state index contributed by atoms with van der Waals surface area (Å²) in [5.74, 6) is -0.349. The Bertz CT molecular complexity index is 762. The number of amides is 2. The van der Waals surface area contributed by atoms with Gasteiger partial charge in [-0.2, -0.15) is 0 Å². The quantitative estimate of drug-likeness (QED) is 0.868. The molecule has 2 aromatic carbocycles. The van der Waals surface area contributed by atoms with Crippen LogP contribution in [0.3, 0.4) is 0 Å². The van der Waals surface area contributed by atoms with Crippen LogP contribution < -0.4 is 10.2 Å². The third-order valence-electron chi connectivity index (χ3n) is 3.61. The number of benzene rings is 2. The summed E-state index contributed by atoms with van der Waals surface area (Å²) in [5.41, 5.74) is 2.05. The van der Waals surface area contributed by atoms with Gasteiger partial charge in [0.2, 0.25) is 5.91 Å². The second-order valence-electron chi connectivity index (χ2n) is 5.31. The fourth-order valence-electron chi connectivity index (χ4n) is 2.35. The number of hydrogen-bond donors (Lipinski definition) is 1. The number of nitrogens with one attached hydrogen (secondary N) is 1. The van der Waals surface area contributed by atoms with E-state index >= 15 is 0 Å². The van der Waals surface area contributed by atoms with Crippen molar-refractivity contribution < 1.29 is 9.59 Å². The number of anilines is 1. The Morgan fingerprint density at radius 3 is 2.46 bits per heavy atom. The number of aryl methyl sites for hydroxylation is 1. The molecule has 0 aromatic heterocycles. The number of rotatable bonds is 5. The van der Waals surface area contributed by atoms with Crippen molar-refractivity contribution in [1.29, 1.82) is 0 Å². The van der Waals surface area contributed by atoms with Crippen LogP contribution in [0.25, 0.3) is 0 Å². The highest BCUT2D eigenvalue weighted by Gasteiger charge is 2.17. The van der Waals surface area contributed by atoms with Crippen molar-refractivity contribution in [3.05, 3.63) is 63.6 Å². The average Bonchev–Trinajstić information content (AvgIpc) is 2.54. The number of nitrogens with zero attached hydrogens (tertiary/aromatic N) is 1. The van der Waals surface area contributed by atoms with Crippen LogP contribution in [-0.4, -0.2) is 24.9 Å². The zero-order valence-corrected chi connectivity index (χ0v) is 15.0. The maximum atomic E-state index is 12.2. The minimum Gasteiger partial charge on any atom is -0.350 e. The highest BCUT2D eigenvalue weighted by molar-refractivity contribution is 6.44. The average molecular weight is 365 g/mol. The third-order valence-corrected chi connectivity index (χ3v) is 4.42. The molecule has 6 heteroatoms. The van der Waals surface area contributed by atoms with Crippen molar-refractivity contribution in [1.82, 2.24) is 5.32 Å². The molecule has 0 unspecified atom stereocenters. The number of halogens is 2. The molecule has 0 fully saturated rings. The van der Waals surface area contributed by atoms with E-state index < -0.39 is 0 Å². The number of carbonyl (C=O) groups excluding carboxylic acids is 2. The highest BCUT2D eigenvalue weighted by Crippen LogP contribution is 2.32. The van der Waals surface area contributed by atoms with Gasteiger partial charge in [-0.25, -0.2) is 0 Å². The maximum Gasteiger partial charge on any atom is 0.251 e. The van der Waals surface area contributed by atoms with Gasteiger partial charge in [-0.05, 0) is 30.7 Å². The zero-order chi connectivity index (χ0) is 17.7. The lowest BCUT2D eigenvalue weighted by Crippen LogP contribution is -2.37. The van der Waals surface area contributed by atoms with Crippen molar-refractivity contribution >= 4 is 40.7 Å². The lowest BCUT2D eigenvalue weighted by Gasteiger charge is -2.23. The van der Waals surface area contributed by atoms with E-state index in [0.717, 1.165) is 5.56 Å². The van der Waals surface area contributed by atoms with Crippen molar-refractivity contribution in [2.24, 2.45) is 0 Å². The van der Waals surface area contributed by atoms with Gasteiger partial charge in [-0.15, -0.1) is 0 Å². The second kappa shape index (κ2) is 8.18. The van der Waals surface area contributed by atoms with E-state index in [1.165, 1.54) is 11.8 Å². The monoisotopic (exact) mass is 364 g/mol. The predicted molar refractivity (Wildman–Crippen MR) is 98.0 cm³/mol. The predicted octanol–water partition coefficient (Wildman–Crippen LogP) is 4.08. The zero-order valence-electron chi connectivity index (χ0n) is 13.5. The highest BCUT2D eigenvalue weighted by atomic mass is 35.5. The van der Waals surface area contributed by atoms with E-state index in [4.69, 9.17) is 23.2 Å². The molecule has 2 amide bonds. The van der Waals surface area contributed by atoms with Crippen LogP contribution in [0.2, 0.25) is 10.0 Å². The first-order valence-electron chi connectivity index (χ1n) is 7.47. The van der Waals surface area contributed by atoms with Crippen molar-refractivity contribution in [2.45, 2.75) is 13.8 Å². The molecule has 0 aliphatic carbocycles. The molecule has 2 aromatic rings. The maximum absolute atomic E-state index is 12.2. The van der Waals surface area contributed by atoms with Crippen LogP contribution in [-0.2, 0) is 4.79 Å². The Labute approximate surface area is 151 Å². The van der Waals surface area contributed by atoms with E-state index in [9.17, 15) is 9.59 Å². The second-order valence-corrected chi connectivity index (χ2v) is 6.10. The van der Waals surface area contributed by atoms with Crippen LogP contribution >= 0.6 is 23.2 Å². The Hall–Kier alpha value is -2.04. The minimum absolute atomic E-state index is 0.172. The van der Waals surface area contributed by atoms with Gasteiger partial charge < -0.3 is 10.2 Å². The summed E-state index contributed by atoms with van der Waals surface area (Å²) in [5, 5.41) is 3.52. The van der Waals surface area contributed by atoms with Crippen molar-refractivity contribution in [3.63, 3.8) is 0 Å². The first-order chi connectivity index (χ1) is 11.4. The first-order valence-corrected chi connectivity index (χ1v) is 8.23. The molecule has 24 heavy (non-hydrogen) atoms. The summed E-state index contributed by atoms with van der Waals surface area (Å²) in [6.07, 6.45) is 0. The largest absolute Gasteiger partial charge is 0.350 e.